The Kier molecular flexibility index (Phi) is 1.70. The van der Waals surface area contributed by atoms with Crippen molar-refractivity contribution >= 4 is 0 Å². The summed E-state index contributed by atoms with van der Waals surface area (Å²) in [4.78, 5) is 4.04. The maximum Gasteiger partial charge on any atom is 0.0491 e. The minimum Gasteiger partial charge on any atom is -0.310 e. The van der Waals surface area contributed by atoms with Crippen LogP contribution in [0.15, 0.2) is 24.5 Å². The van der Waals surface area contributed by atoms with Gasteiger partial charge in [-0.05, 0) is 36.6 Å². The number of aromatic nitrogens is 1. The summed E-state index contributed by atoms with van der Waals surface area (Å²) in [5.41, 5.74) is 1.92. The lowest BCUT2D eigenvalue weighted by Crippen LogP contribution is -2.29. The lowest BCUT2D eigenvalue weighted by atomic mass is 9.97. The third kappa shape index (κ3) is 1.09. The minimum atomic E-state index is 0.190. The van der Waals surface area contributed by atoms with Gasteiger partial charge in [-0.1, -0.05) is 13.8 Å². The Bertz CT molecular complexity index is 305. The van der Waals surface area contributed by atoms with Crippen LogP contribution >= 0.6 is 0 Å². The third-order valence-corrected chi connectivity index (χ3v) is 3.34. The number of pyridine rings is 1. The Morgan fingerprint density at radius 3 is 2.23 bits per heavy atom. The molecule has 1 aliphatic rings. The minimum absolute atomic E-state index is 0.190. The van der Waals surface area contributed by atoms with Gasteiger partial charge in [-0.15, -0.1) is 0 Å². The largest absolute Gasteiger partial charge is 0.310 e. The Morgan fingerprint density at radius 2 is 1.85 bits per heavy atom. The van der Waals surface area contributed by atoms with E-state index in [4.69, 9.17) is 0 Å². The van der Waals surface area contributed by atoms with Gasteiger partial charge in [0.2, 0.25) is 0 Å². The molecule has 13 heavy (non-hydrogen) atoms. The molecule has 1 unspecified atom stereocenters. The van der Waals surface area contributed by atoms with Crippen molar-refractivity contribution in [3.8, 4) is 0 Å². The molecule has 2 nitrogen and oxygen atoms in total. The molecule has 0 amide bonds. The highest BCUT2D eigenvalue weighted by Crippen LogP contribution is 2.61. The summed E-state index contributed by atoms with van der Waals surface area (Å²) in [7, 11) is 2.04. The molecule has 1 aliphatic carbocycles. The maximum atomic E-state index is 4.04. The summed E-state index contributed by atoms with van der Waals surface area (Å²) in [6.45, 7) is 4.59. The Balaban J connectivity index is 2.37. The van der Waals surface area contributed by atoms with Crippen LogP contribution < -0.4 is 5.32 Å². The second kappa shape index (κ2) is 2.55. The average Bonchev–Trinajstić information content (AvgIpc) is 2.72. The van der Waals surface area contributed by atoms with E-state index >= 15 is 0 Å². The zero-order valence-corrected chi connectivity index (χ0v) is 8.46. The zero-order chi connectivity index (χ0) is 9.53. The van der Waals surface area contributed by atoms with Crippen molar-refractivity contribution in [2.24, 2.45) is 5.41 Å². The number of nitrogens with zero attached hydrogens (tertiary/aromatic N) is 1. The number of rotatable bonds is 2. The lowest BCUT2D eigenvalue weighted by Gasteiger charge is -2.19. The van der Waals surface area contributed by atoms with Crippen molar-refractivity contribution < 1.29 is 0 Å². The van der Waals surface area contributed by atoms with Gasteiger partial charge in [0.15, 0.2) is 0 Å². The van der Waals surface area contributed by atoms with E-state index < -0.39 is 0 Å². The smallest absolute Gasteiger partial charge is 0.0491 e. The van der Waals surface area contributed by atoms with Crippen LogP contribution in [0.1, 0.15) is 25.8 Å². The van der Waals surface area contributed by atoms with E-state index in [9.17, 15) is 0 Å². The van der Waals surface area contributed by atoms with Gasteiger partial charge in [0.25, 0.3) is 0 Å². The fraction of sp³-hybridized carbons (Fsp3) is 0.545. The van der Waals surface area contributed by atoms with E-state index in [0.29, 0.717) is 5.41 Å². The molecule has 1 N–H and O–H groups in total. The average molecular weight is 176 g/mol. The van der Waals surface area contributed by atoms with Crippen molar-refractivity contribution in [3.63, 3.8) is 0 Å². The van der Waals surface area contributed by atoms with Crippen LogP contribution in [0.4, 0.5) is 0 Å². The molecule has 2 heteroatoms. The molecule has 0 radical (unpaired) electrons. The van der Waals surface area contributed by atoms with Gasteiger partial charge in [-0.3, -0.25) is 4.98 Å². The summed E-state index contributed by atoms with van der Waals surface area (Å²) in [6.07, 6.45) is 4.94. The molecule has 1 aromatic heterocycles. The standard InChI is InChI=1S/C11H16N2/c1-10(2)8-11(10,12-3)9-4-6-13-7-5-9/h4-7,12H,8H2,1-3H3. The summed E-state index contributed by atoms with van der Waals surface area (Å²) < 4.78 is 0. The van der Waals surface area contributed by atoms with E-state index in [2.05, 4.69) is 36.3 Å². The molecule has 2 rings (SSSR count). The fourth-order valence-electron chi connectivity index (χ4n) is 2.32. The van der Waals surface area contributed by atoms with Crippen molar-refractivity contribution in [2.75, 3.05) is 7.05 Å². The first kappa shape index (κ1) is 8.70. The van der Waals surface area contributed by atoms with Gasteiger partial charge in [-0.2, -0.15) is 0 Å². The van der Waals surface area contributed by atoms with Crippen molar-refractivity contribution in [1.82, 2.24) is 10.3 Å². The monoisotopic (exact) mass is 176 g/mol. The summed E-state index contributed by atoms with van der Waals surface area (Å²) >= 11 is 0. The van der Waals surface area contributed by atoms with E-state index in [1.165, 1.54) is 12.0 Å². The molecule has 0 aliphatic heterocycles. The quantitative estimate of drug-likeness (QED) is 0.744. The van der Waals surface area contributed by atoms with Crippen LogP contribution in [0.2, 0.25) is 0 Å². The van der Waals surface area contributed by atoms with Crippen LogP contribution in [0.5, 0.6) is 0 Å². The topological polar surface area (TPSA) is 24.9 Å². The first-order chi connectivity index (χ1) is 6.12. The molecule has 70 valence electrons. The van der Waals surface area contributed by atoms with Crippen molar-refractivity contribution in [2.45, 2.75) is 25.8 Å². The predicted octanol–water partition coefficient (Wildman–Crippen LogP) is 1.93. The van der Waals surface area contributed by atoms with Gasteiger partial charge in [0.1, 0.15) is 0 Å². The second-order valence-electron chi connectivity index (χ2n) is 4.45. The highest BCUT2D eigenvalue weighted by molar-refractivity contribution is 5.34. The lowest BCUT2D eigenvalue weighted by molar-refractivity contribution is 0.441. The van der Waals surface area contributed by atoms with Gasteiger partial charge >= 0.3 is 0 Å². The highest BCUT2D eigenvalue weighted by Gasteiger charge is 2.61. The molecular weight excluding hydrogens is 160 g/mol. The Labute approximate surface area is 79.4 Å². The molecule has 1 atom stereocenters. The maximum absolute atomic E-state index is 4.04. The molecule has 1 heterocycles. The van der Waals surface area contributed by atoms with Crippen LogP contribution in [0.3, 0.4) is 0 Å². The summed E-state index contributed by atoms with van der Waals surface area (Å²) in [5, 5.41) is 3.43. The van der Waals surface area contributed by atoms with E-state index in [1.807, 2.05) is 19.4 Å². The van der Waals surface area contributed by atoms with Crippen molar-refractivity contribution in [1.29, 1.82) is 0 Å². The molecule has 0 aromatic carbocycles. The SMILES string of the molecule is CNC1(c2ccncc2)CC1(C)C. The Morgan fingerprint density at radius 1 is 1.31 bits per heavy atom. The zero-order valence-electron chi connectivity index (χ0n) is 8.46. The first-order valence-corrected chi connectivity index (χ1v) is 4.72. The molecule has 1 aromatic rings. The molecule has 1 fully saturated rings. The van der Waals surface area contributed by atoms with Crippen molar-refractivity contribution in [3.05, 3.63) is 30.1 Å². The number of nitrogens with one attached hydrogen (secondary N) is 1. The van der Waals surface area contributed by atoms with Crippen LogP contribution in [0.25, 0.3) is 0 Å². The Hall–Kier alpha value is -0.890. The molecule has 0 spiro atoms. The second-order valence-corrected chi connectivity index (χ2v) is 4.45. The third-order valence-electron chi connectivity index (χ3n) is 3.34. The molecule has 0 saturated heterocycles. The molecule has 0 bridgehead atoms. The van der Waals surface area contributed by atoms with Gasteiger partial charge < -0.3 is 5.32 Å². The van der Waals surface area contributed by atoms with Gasteiger partial charge in [0, 0.05) is 17.9 Å². The van der Waals surface area contributed by atoms with Crippen LogP contribution in [-0.4, -0.2) is 12.0 Å². The molecular formula is C11H16N2. The predicted molar refractivity (Wildman–Crippen MR) is 53.4 cm³/mol. The summed E-state index contributed by atoms with van der Waals surface area (Å²) in [5.74, 6) is 0. The molecule has 1 saturated carbocycles. The van der Waals surface area contributed by atoms with Crippen LogP contribution in [0, 0.1) is 5.41 Å². The summed E-state index contributed by atoms with van der Waals surface area (Å²) in [6, 6.07) is 4.20. The van der Waals surface area contributed by atoms with E-state index in [0.717, 1.165) is 0 Å². The first-order valence-electron chi connectivity index (χ1n) is 4.72. The van der Waals surface area contributed by atoms with Crippen LogP contribution in [-0.2, 0) is 5.54 Å². The van der Waals surface area contributed by atoms with Gasteiger partial charge in [0.05, 0.1) is 0 Å². The van der Waals surface area contributed by atoms with E-state index in [1.54, 1.807) is 0 Å². The van der Waals surface area contributed by atoms with E-state index in [-0.39, 0.29) is 5.54 Å². The number of hydrogen-bond donors (Lipinski definition) is 1. The normalized spacial score (nSPS) is 30.1. The highest BCUT2D eigenvalue weighted by atomic mass is 15.0. The number of hydrogen-bond acceptors (Lipinski definition) is 2. The van der Waals surface area contributed by atoms with Gasteiger partial charge in [-0.25, -0.2) is 0 Å². The fourth-order valence-corrected chi connectivity index (χ4v) is 2.32.